The Bertz CT molecular complexity index is 493. The Morgan fingerprint density at radius 2 is 1.42 bits per heavy atom. The smallest absolute Gasteiger partial charge is 0.192 e. The average Bonchev–Trinajstić information content (AvgIpc) is 2.44. The first-order valence-corrected chi connectivity index (χ1v) is 15.4. The van der Waals surface area contributed by atoms with Crippen LogP contribution >= 0.6 is 0 Å². The van der Waals surface area contributed by atoms with E-state index in [4.69, 9.17) is 15.3 Å². The quantitative estimate of drug-likeness (QED) is 0.313. The Morgan fingerprint density at radius 1 is 1.00 bits per heavy atom. The zero-order valence-electron chi connectivity index (χ0n) is 18.8. The highest BCUT2D eigenvalue weighted by atomic mass is 28.4. The summed E-state index contributed by atoms with van der Waals surface area (Å²) in [5, 5.41) is 10.3. The topological polar surface area (TPSA) is 38.7 Å². The van der Waals surface area contributed by atoms with Crippen molar-refractivity contribution in [2.75, 3.05) is 6.61 Å². The fraction of sp³-hybridized carbons (Fsp3) is 0.810. The minimum atomic E-state index is -2.02. The normalized spacial score (nSPS) is 17.3. The van der Waals surface area contributed by atoms with Gasteiger partial charge in [0, 0.05) is 12.3 Å². The van der Waals surface area contributed by atoms with Crippen LogP contribution in [0.4, 0.5) is 0 Å². The van der Waals surface area contributed by atoms with E-state index in [2.05, 4.69) is 80.2 Å². The standard InChI is InChI=1S/C21H42O3Si2/c1-13-15-19(24-26(11,12)21(6,7)8)17(16-22)18(14-2)23-25(9,10)20(3,4)5/h1,14,17-19,22H,2,15-16H2,3-12H3/t17-,18-,19-/m1/s1. The molecule has 0 aromatic rings. The van der Waals surface area contributed by atoms with Gasteiger partial charge in [0.05, 0.1) is 18.8 Å². The van der Waals surface area contributed by atoms with Crippen molar-refractivity contribution >= 4 is 16.6 Å². The summed E-state index contributed by atoms with van der Waals surface area (Å²) in [6, 6.07) is 0. The molecule has 0 spiro atoms. The average molecular weight is 399 g/mol. The molecule has 3 atom stereocenters. The van der Waals surface area contributed by atoms with Crippen LogP contribution in [-0.4, -0.2) is 40.6 Å². The summed E-state index contributed by atoms with van der Waals surface area (Å²) in [7, 11) is -4.03. The van der Waals surface area contributed by atoms with E-state index in [1.165, 1.54) is 0 Å². The van der Waals surface area contributed by atoms with Crippen molar-refractivity contribution in [3.05, 3.63) is 12.7 Å². The van der Waals surface area contributed by atoms with E-state index in [0.717, 1.165) is 0 Å². The Labute approximate surface area is 164 Å². The Hall–Kier alpha value is -0.386. The summed E-state index contributed by atoms with van der Waals surface area (Å²) in [5.41, 5.74) is 0. The second kappa shape index (κ2) is 9.21. The van der Waals surface area contributed by atoms with E-state index in [9.17, 15) is 5.11 Å². The predicted molar refractivity (Wildman–Crippen MR) is 118 cm³/mol. The van der Waals surface area contributed by atoms with Gasteiger partial charge in [0.25, 0.3) is 0 Å². The summed E-state index contributed by atoms with van der Waals surface area (Å²) in [4.78, 5) is 0. The van der Waals surface area contributed by atoms with Gasteiger partial charge in [0.2, 0.25) is 0 Å². The van der Waals surface area contributed by atoms with Gasteiger partial charge >= 0.3 is 0 Å². The van der Waals surface area contributed by atoms with E-state index in [-0.39, 0.29) is 34.8 Å². The molecule has 0 aromatic carbocycles. The minimum Gasteiger partial charge on any atom is -0.412 e. The SMILES string of the molecule is C#CC[C@@H](O[Si](C)(C)C(C)(C)C)[C@H](CO)[C@@H](C=C)O[Si](C)(C)C(C)(C)C. The van der Waals surface area contributed by atoms with Crippen molar-refractivity contribution in [2.24, 2.45) is 5.92 Å². The Balaban J connectivity index is 5.68. The summed E-state index contributed by atoms with van der Waals surface area (Å²) in [6.07, 6.45) is 7.39. The lowest BCUT2D eigenvalue weighted by Gasteiger charge is -2.44. The lowest BCUT2D eigenvalue weighted by atomic mass is 9.95. The third kappa shape index (κ3) is 6.65. The molecular formula is C21H42O3Si2. The van der Waals surface area contributed by atoms with Gasteiger partial charge in [-0.15, -0.1) is 18.9 Å². The maximum absolute atomic E-state index is 10.2. The molecule has 0 aromatic heterocycles. The number of aliphatic hydroxyl groups excluding tert-OH is 1. The molecule has 152 valence electrons. The molecule has 0 heterocycles. The molecule has 0 unspecified atom stereocenters. The van der Waals surface area contributed by atoms with Gasteiger partial charge in [0.1, 0.15) is 0 Å². The number of hydrogen-bond acceptors (Lipinski definition) is 3. The highest BCUT2D eigenvalue weighted by molar-refractivity contribution is 6.74. The third-order valence-electron chi connectivity index (χ3n) is 6.15. The molecule has 0 saturated carbocycles. The highest BCUT2D eigenvalue weighted by Gasteiger charge is 2.44. The van der Waals surface area contributed by atoms with Crippen LogP contribution < -0.4 is 0 Å². The molecule has 0 fully saturated rings. The predicted octanol–water partition coefficient (Wildman–Crippen LogP) is 5.59. The minimum absolute atomic E-state index is 0.0354. The number of aliphatic hydroxyl groups is 1. The lowest BCUT2D eigenvalue weighted by molar-refractivity contribution is 0.0171. The first kappa shape index (κ1) is 25.6. The molecule has 26 heavy (non-hydrogen) atoms. The van der Waals surface area contributed by atoms with Gasteiger partial charge in [-0.05, 0) is 36.3 Å². The van der Waals surface area contributed by atoms with Crippen LogP contribution in [0.1, 0.15) is 48.0 Å². The van der Waals surface area contributed by atoms with Crippen LogP contribution in [0.15, 0.2) is 12.7 Å². The van der Waals surface area contributed by atoms with Crippen molar-refractivity contribution in [1.29, 1.82) is 0 Å². The fourth-order valence-electron chi connectivity index (χ4n) is 2.21. The number of hydrogen-bond donors (Lipinski definition) is 1. The maximum atomic E-state index is 10.2. The molecule has 5 heteroatoms. The van der Waals surface area contributed by atoms with E-state index >= 15 is 0 Å². The van der Waals surface area contributed by atoms with Crippen LogP contribution in [-0.2, 0) is 8.85 Å². The first-order valence-electron chi connectivity index (χ1n) is 9.56. The second-order valence-corrected chi connectivity index (χ2v) is 19.8. The molecule has 0 aliphatic heterocycles. The Kier molecular flexibility index (Phi) is 9.07. The van der Waals surface area contributed by atoms with Gasteiger partial charge in [-0.3, -0.25) is 0 Å². The van der Waals surface area contributed by atoms with Crippen molar-refractivity contribution in [3.8, 4) is 12.3 Å². The zero-order chi connectivity index (χ0) is 21.0. The number of rotatable bonds is 9. The van der Waals surface area contributed by atoms with E-state index < -0.39 is 16.6 Å². The van der Waals surface area contributed by atoms with Gasteiger partial charge < -0.3 is 14.0 Å². The van der Waals surface area contributed by atoms with Crippen molar-refractivity contribution < 1.29 is 14.0 Å². The summed E-state index contributed by atoms with van der Waals surface area (Å²) in [6.45, 7) is 26.0. The lowest BCUT2D eigenvalue weighted by Crippen LogP contribution is -2.51. The van der Waals surface area contributed by atoms with Crippen LogP contribution in [0.3, 0.4) is 0 Å². The fourth-order valence-corrected chi connectivity index (χ4v) is 4.89. The van der Waals surface area contributed by atoms with Crippen LogP contribution in [0, 0.1) is 18.3 Å². The van der Waals surface area contributed by atoms with Crippen molar-refractivity contribution in [3.63, 3.8) is 0 Å². The third-order valence-corrected chi connectivity index (χ3v) is 15.1. The van der Waals surface area contributed by atoms with Crippen molar-refractivity contribution in [2.45, 2.75) is 96.4 Å². The molecule has 1 N–H and O–H groups in total. The molecular weight excluding hydrogens is 356 g/mol. The van der Waals surface area contributed by atoms with E-state index in [0.29, 0.717) is 6.42 Å². The number of terminal acetylenes is 1. The molecule has 0 aliphatic rings. The largest absolute Gasteiger partial charge is 0.412 e. The van der Waals surface area contributed by atoms with Crippen LogP contribution in [0.2, 0.25) is 36.3 Å². The summed E-state index contributed by atoms with van der Waals surface area (Å²) >= 11 is 0. The summed E-state index contributed by atoms with van der Waals surface area (Å²) in [5.74, 6) is 2.52. The highest BCUT2D eigenvalue weighted by Crippen LogP contribution is 2.41. The van der Waals surface area contributed by atoms with Crippen LogP contribution in [0.25, 0.3) is 0 Å². The van der Waals surface area contributed by atoms with Gasteiger partial charge in [-0.25, -0.2) is 0 Å². The molecule has 0 saturated heterocycles. The molecule has 0 bridgehead atoms. The zero-order valence-corrected chi connectivity index (χ0v) is 20.8. The molecule has 0 amide bonds. The van der Waals surface area contributed by atoms with Crippen LogP contribution in [0.5, 0.6) is 0 Å². The summed E-state index contributed by atoms with van der Waals surface area (Å²) < 4.78 is 13.2. The van der Waals surface area contributed by atoms with E-state index in [1.807, 2.05) is 0 Å². The molecule has 0 rings (SSSR count). The monoisotopic (exact) mass is 398 g/mol. The van der Waals surface area contributed by atoms with Gasteiger partial charge in [0.15, 0.2) is 16.6 Å². The molecule has 0 aliphatic carbocycles. The van der Waals surface area contributed by atoms with Gasteiger partial charge in [-0.1, -0.05) is 47.6 Å². The maximum Gasteiger partial charge on any atom is 0.192 e. The Morgan fingerprint density at radius 3 is 1.73 bits per heavy atom. The van der Waals surface area contributed by atoms with E-state index in [1.54, 1.807) is 6.08 Å². The second-order valence-electron chi connectivity index (χ2n) is 10.2. The molecule has 0 radical (unpaired) electrons. The van der Waals surface area contributed by atoms with Gasteiger partial charge in [-0.2, -0.15) is 0 Å². The molecule has 3 nitrogen and oxygen atoms in total. The van der Waals surface area contributed by atoms with Crippen molar-refractivity contribution in [1.82, 2.24) is 0 Å². The first-order chi connectivity index (χ1) is 11.5.